The second-order valence-corrected chi connectivity index (χ2v) is 5.31. The van der Waals surface area contributed by atoms with Crippen LogP contribution in [-0.2, 0) is 6.54 Å². The third-order valence-corrected chi connectivity index (χ3v) is 4.06. The van der Waals surface area contributed by atoms with E-state index in [1.54, 1.807) is 6.07 Å². The van der Waals surface area contributed by atoms with E-state index in [4.69, 9.17) is 11.6 Å². The van der Waals surface area contributed by atoms with Gasteiger partial charge in [0.05, 0.1) is 11.1 Å². The van der Waals surface area contributed by atoms with Crippen LogP contribution in [0, 0.1) is 24.1 Å². The van der Waals surface area contributed by atoms with Crippen LogP contribution in [0.3, 0.4) is 0 Å². The monoisotopic (exact) mass is 298 g/mol. The van der Waals surface area contributed by atoms with Crippen LogP contribution in [0.25, 0.3) is 10.9 Å². The molecule has 0 saturated carbocycles. The van der Waals surface area contributed by atoms with Crippen molar-refractivity contribution in [1.82, 2.24) is 4.57 Å². The third-order valence-electron chi connectivity index (χ3n) is 3.66. The maximum atomic E-state index is 13.4. The molecule has 0 spiro atoms. The molecular weight excluding hydrogens is 287 g/mol. The molecule has 1 heterocycles. The van der Waals surface area contributed by atoms with Crippen LogP contribution in [0.2, 0.25) is 5.15 Å². The molecule has 4 heteroatoms. The number of rotatable bonds is 2. The Labute approximate surface area is 127 Å². The molecule has 0 saturated heterocycles. The van der Waals surface area contributed by atoms with Gasteiger partial charge in [0.25, 0.3) is 0 Å². The Balaban J connectivity index is 2.22. The summed E-state index contributed by atoms with van der Waals surface area (Å²) in [7, 11) is 0. The summed E-state index contributed by atoms with van der Waals surface area (Å²) in [5, 5.41) is 10.2. The van der Waals surface area contributed by atoms with Crippen LogP contribution in [0.4, 0.5) is 4.39 Å². The first-order valence-electron chi connectivity index (χ1n) is 6.53. The van der Waals surface area contributed by atoms with Gasteiger partial charge in [0.15, 0.2) is 0 Å². The molecule has 3 rings (SSSR count). The number of nitrogens with zero attached hydrogens (tertiary/aromatic N) is 2. The second kappa shape index (κ2) is 5.23. The zero-order valence-electron chi connectivity index (χ0n) is 11.4. The van der Waals surface area contributed by atoms with Gasteiger partial charge in [-0.2, -0.15) is 5.26 Å². The topological polar surface area (TPSA) is 28.7 Å². The first kappa shape index (κ1) is 13.7. The second-order valence-electron chi connectivity index (χ2n) is 4.95. The normalized spacial score (nSPS) is 10.8. The smallest absolute Gasteiger partial charge is 0.128 e. The highest BCUT2D eigenvalue weighted by molar-refractivity contribution is 6.32. The molecule has 0 bridgehead atoms. The predicted octanol–water partition coefficient (Wildman–Crippen LogP) is 4.66. The van der Waals surface area contributed by atoms with E-state index in [2.05, 4.69) is 6.07 Å². The van der Waals surface area contributed by atoms with Gasteiger partial charge in [-0.25, -0.2) is 4.39 Å². The highest BCUT2D eigenvalue weighted by Gasteiger charge is 2.16. The van der Waals surface area contributed by atoms with Crippen LogP contribution >= 0.6 is 11.6 Å². The lowest BCUT2D eigenvalue weighted by molar-refractivity contribution is 0.629. The van der Waals surface area contributed by atoms with Gasteiger partial charge in [-0.05, 0) is 36.2 Å². The Morgan fingerprint density at radius 2 is 2.00 bits per heavy atom. The van der Waals surface area contributed by atoms with Crippen LogP contribution in [-0.4, -0.2) is 4.57 Å². The molecule has 0 aliphatic carbocycles. The Bertz CT molecular complexity index is 874. The lowest BCUT2D eigenvalue weighted by Gasteiger charge is -2.09. The molecule has 2 aromatic carbocycles. The molecular formula is C17H12ClFN2. The van der Waals surface area contributed by atoms with Crippen molar-refractivity contribution < 1.29 is 4.39 Å². The lowest BCUT2D eigenvalue weighted by Crippen LogP contribution is -2.01. The van der Waals surface area contributed by atoms with Crippen molar-refractivity contribution >= 4 is 22.5 Å². The number of halogens is 2. The maximum Gasteiger partial charge on any atom is 0.128 e. The number of benzene rings is 2. The number of hydrogen-bond acceptors (Lipinski definition) is 1. The van der Waals surface area contributed by atoms with E-state index in [9.17, 15) is 9.65 Å². The number of aryl methyl sites for hydroxylation is 1. The highest BCUT2D eigenvalue weighted by Crippen LogP contribution is 2.31. The van der Waals surface area contributed by atoms with E-state index in [0.29, 0.717) is 22.6 Å². The molecule has 2 nitrogen and oxygen atoms in total. The first-order chi connectivity index (χ1) is 10.1. The van der Waals surface area contributed by atoms with E-state index in [-0.39, 0.29) is 5.82 Å². The molecule has 0 radical (unpaired) electrons. The van der Waals surface area contributed by atoms with Gasteiger partial charge in [-0.3, -0.25) is 0 Å². The van der Waals surface area contributed by atoms with Gasteiger partial charge in [0, 0.05) is 11.9 Å². The van der Waals surface area contributed by atoms with Crippen LogP contribution in [0.15, 0.2) is 42.5 Å². The van der Waals surface area contributed by atoms with E-state index in [0.717, 1.165) is 16.6 Å². The van der Waals surface area contributed by atoms with Gasteiger partial charge in [-0.15, -0.1) is 0 Å². The quantitative estimate of drug-likeness (QED) is 0.676. The molecule has 0 atom stereocenters. The zero-order valence-corrected chi connectivity index (χ0v) is 12.2. The van der Waals surface area contributed by atoms with Crippen molar-refractivity contribution in [3.63, 3.8) is 0 Å². The fraction of sp³-hybridized carbons (Fsp3) is 0.118. The molecule has 0 N–H and O–H groups in total. The van der Waals surface area contributed by atoms with Gasteiger partial charge in [-0.1, -0.05) is 35.9 Å². The summed E-state index contributed by atoms with van der Waals surface area (Å²) in [6.07, 6.45) is 0. The molecule has 104 valence electrons. The van der Waals surface area contributed by atoms with Crippen molar-refractivity contribution in [3.8, 4) is 6.07 Å². The minimum Gasteiger partial charge on any atom is -0.326 e. The van der Waals surface area contributed by atoms with Gasteiger partial charge in [0.1, 0.15) is 17.0 Å². The fourth-order valence-corrected chi connectivity index (χ4v) is 2.81. The molecule has 0 fully saturated rings. The van der Waals surface area contributed by atoms with Gasteiger partial charge < -0.3 is 4.57 Å². The van der Waals surface area contributed by atoms with Crippen LogP contribution in [0.5, 0.6) is 0 Å². The standard InChI is InChI=1S/C17H12ClFN2/c1-11-4-2-3-5-12(11)10-21-16-7-6-13(19)8-14(16)15(9-20)17(21)18/h2-8H,10H2,1H3. The van der Waals surface area contributed by atoms with Crippen molar-refractivity contribution in [2.45, 2.75) is 13.5 Å². The first-order valence-corrected chi connectivity index (χ1v) is 6.91. The molecule has 0 aliphatic heterocycles. The fourth-order valence-electron chi connectivity index (χ4n) is 2.51. The van der Waals surface area contributed by atoms with E-state index in [1.165, 1.54) is 12.1 Å². The van der Waals surface area contributed by atoms with Gasteiger partial charge >= 0.3 is 0 Å². The Hall–Kier alpha value is -2.31. The number of nitriles is 1. The van der Waals surface area contributed by atoms with E-state index in [1.807, 2.05) is 35.8 Å². The van der Waals surface area contributed by atoms with Crippen LogP contribution < -0.4 is 0 Å². The minimum absolute atomic E-state index is 0.319. The van der Waals surface area contributed by atoms with Crippen LogP contribution in [0.1, 0.15) is 16.7 Å². The largest absolute Gasteiger partial charge is 0.326 e. The summed E-state index contributed by atoms with van der Waals surface area (Å²) in [5.41, 5.74) is 3.35. The SMILES string of the molecule is Cc1ccccc1Cn1c(Cl)c(C#N)c2cc(F)ccc21. The molecule has 21 heavy (non-hydrogen) atoms. The highest BCUT2D eigenvalue weighted by atomic mass is 35.5. The molecule has 3 aromatic rings. The van der Waals surface area contributed by atoms with E-state index >= 15 is 0 Å². The van der Waals surface area contributed by atoms with Crippen molar-refractivity contribution in [1.29, 1.82) is 5.26 Å². The molecule has 0 amide bonds. The Morgan fingerprint density at radius 1 is 1.24 bits per heavy atom. The average molecular weight is 299 g/mol. The maximum absolute atomic E-state index is 13.4. The number of hydrogen-bond donors (Lipinski definition) is 0. The number of fused-ring (bicyclic) bond motifs is 1. The van der Waals surface area contributed by atoms with Crippen molar-refractivity contribution in [2.24, 2.45) is 0 Å². The Kier molecular flexibility index (Phi) is 3.40. The van der Waals surface area contributed by atoms with Crippen molar-refractivity contribution in [2.75, 3.05) is 0 Å². The van der Waals surface area contributed by atoms with E-state index < -0.39 is 0 Å². The molecule has 0 aliphatic rings. The molecule has 1 aromatic heterocycles. The summed E-state index contributed by atoms with van der Waals surface area (Å²) in [4.78, 5) is 0. The third kappa shape index (κ3) is 2.28. The summed E-state index contributed by atoms with van der Waals surface area (Å²) < 4.78 is 15.3. The molecule has 0 unspecified atom stereocenters. The zero-order chi connectivity index (χ0) is 15.0. The minimum atomic E-state index is -0.372. The van der Waals surface area contributed by atoms with Crippen molar-refractivity contribution in [3.05, 3.63) is 70.1 Å². The average Bonchev–Trinajstić information content (AvgIpc) is 2.73. The summed E-state index contributed by atoms with van der Waals surface area (Å²) in [6.45, 7) is 2.58. The predicted molar refractivity (Wildman–Crippen MR) is 81.9 cm³/mol. The number of aromatic nitrogens is 1. The lowest BCUT2D eigenvalue weighted by atomic mass is 10.1. The summed E-state index contributed by atoms with van der Waals surface area (Å²) in [6, 6.07) is 14.5. The summed E-state index contributed by atoms with van der Waals surface area (Å²) in [5.74, 6) is -0.372. The van der Waals surface area contributed by atoms with Gasteiger partial charge in [0.2, 0.25) is 0 Å². The Morgan fingerprint density at radius 3 is 2.71 bits per heavy atom. The summed E-state index contributed by atoms with van der Waals surface area (Å²) >= 11 is 6.32.